The summed E-state index contributed by atoms with van der Waals surface area (Å²) in [6.45, 7) is 1.71. The van der Waals surface area contributed by atoms with Gasteiger partial charge in [-0.2, -0.15) is 0 Å². The van der Waals surface area contributed by atoms with Crippen LogP contribution in [0.1, 0.15) is 22.8 Å². The van der Waals surface area contributed by atoms with Gasteiger partial charge in [-0.3, -0.25) is 9.59 Å². The summed E-state index contributed by atoms with van der Waals surface area (Å²) in [7, 11) is 0. The van der Waals surface area contributed by atoms with Crippen LogP contribution >= 0.6 is 0 Å². The molecule has 0 unspecified atom stereocenters. The zero-order valence-electron chi connectivity index (χ0n) is 15.1. The van der Waals surface area contributed by atoms with E-state index >= 15 is 0 Å². The predicted octanol–water partition coefficient (Wildman–Crippen LogP) is 3.25. The molecule has 8 heteroatoms. The Morgan fingerprint density at radius 1 is 1.00 bits per heavy atom. The fourth-order valence-electron chi connectivity index (χ4n) is 2.40. The van der Waals surface area contributed by atoms with Crippen molar-refractivity contribution in [3.8, 4) is 0 Å². The Morgan fingerprint density at radius 2 is 1.68 bits per heavy atom. The first-order valence-corrected chi connectivity index (χ1v) is 8.49. The number of hydrogen-bond acceptors (Lipinski definition) is 5. The Balaban J connectivity index is 1.59. The van der Waals surface area contributed by atoms with Crippen molar-refractivity contribution in [2.75, 3.05) is 10.6 Å². The average Bonchev–Trinajstić information content (AvgIpc) is 2.68. The Labute approximate surface area is 161 Å². The lowest BCUT2D eigenvalue weighted by atomic mass is 10.2. The molecule has 0 fully saturated rings. The lowest BCUT2D eigenvalue weighted by molar-refractivity contribution is -0.114. The van der Waals surface area contributed by atoms with Gasteiger partial charge in [0.1, 0.15) is 5.82 Å². The molecule has 0 bridgehead atoms. The second kappa shape index (κ2) is 8.72. The number of halogens is 1. The molecule has 0 radical (unpaired) electrons. The number of nitrogens with one attached hydrogen (secondary N) is 3. The summed E-state index contributed by atoms with van der Waals surface area (Å²) in [5, 5.41) is 8.43. The molecule has 0 saturated carbocycles. The van der Waals surface area contributed by atoms with Crippen LogP contribution < -0.4 is 16.0 Å². The van der Waals surface area contributed by atoms with E-state index in [9.17, 15) is 14.0 Å². The van der Waals surface area contributed by atoms with Crippen molar-refractivity contribution < 1.29 is 14.0 Å². The molecule has 0 aliphatic rings. The van der Waals surface area contributed by atoms with Gasteiger partial charge in [-0.05, 0) is 35.9 Å². The van der Waals surface area contributed by atoms with Crippen molar-refractivity contribution in [2.24, 2.45) is 0 Å². The molecule has 3 N–H and O–H groups in total. The van der Waals surface area contributed by atoms with E-state index in [1.807, 2.05) is 0 Å². The summed E-state index contributed by atoms with van der Waals surface area (Å²) >= 11 is 0. The molecule has 142 valence electrons. The third kappa shape index (κ3) is 5.34. The van der Waals surface area contributed by atoms with Crippen LogP contribution in [0, 0.1) is 5.82 Å². The summed E-state index contributed by atoms with van der Waals surface area (Å²) in [4.78, 5) is 31.6. The van der Waals surface area contributed by atoms with E-state index in [0.29, 0.717) is 22.9 Å². The smallest absolute Gasteiger partial charge is 0.254 e. The molecule has 0 aliphatic heterocycles. The fourth-order valence-corrected chi connectivity index (χ4v) is 2.40. The Hall–Kier alpha value is -3.81. The Bertz CT molecular complexity index is 975. The van der Waals surface area contributed by atoms with Crippen LogP contribution in [0.2, 0.25) is 0 Å². The lowest BCUT2D eigenvalue weighted by Gasteiger charge is -2.08. The van der Waals surface area contributed by atoms with Crippen LogP contribution in [-0.2, 0) is 11.3 Å². The van der Waals surface area contributed by atoms with E-state index < -0.39 is 0 Å². The van der Waals surface area contributed by atoms with Crippen LogP contribution in [0.5, 0.6) is 0 Å². The van der Waals surface area contributed by atoms with Gasteiger partial charge in [-0.25, -0.2) is 14.4 Å². The van der Waals surface area contributed by atoms with E-state index in [4.69, 9.17) is 0 Å². The molecule has 1 aromatic heterocycles. The topological polar surface area (TPSA) is 96.0 Å². The van der Waals surface area contributed by atoms with Crippen molar-refractivity contribution in [3.63, 3.8) is 0 Å². The van der Waals surface area contributed by atoms with Gasteiger partial charge in [-0.1, -0.05) is 18.2 Å². The number of amides is 2. The number of aromatic nitrogens is 2. The van der Waals surface area contributed by atoms with Gasteiger partial charge in [0.25, 0.3) is 5.91 Å². The zero-order valence-corrected chi connectivity index (χ0v) is 15.1. The van der Waals surface area contributed by atoms with Crippen LogP contribution in [0.15, 0.2) is 60.9 Å². The van der Waals surface area contributed by atoms with Crippen LogP contribution in [-0.4, -0.2) is 21.8 Å². The van der Waals surface area contributed by atoms with Crippen molar-refractivity contribution in [1.82, 2.24) is 15.3 Å². The zero-order chi connectivity index (χ0) is 19.9. The highest BCUT2D eigenvalue weighted by atomic mass is 19.1. The largest absolute Gasteiger partial charge is 0.348 e. The summed E-state index contributed by atoms with van der Waals surface area (Å²) in [6.07, 6.45) is 2.82. The SMILES string of the molecule is CC(=O)Nc1cccc(Nc2ncc(C(=O)NCc3ccc(F)cc3)cn2)c1. The standard InChI is InChI=1S/C20H18FN5O2/c1-13(27)25-17-3-2-4-18(9-17)26-20-23-11-15(12-24-20)19(28)22-10-14-5-7-16(21)8-6-14/h2-9,11-12H,10H2,1H3,(H,22,28)(H,25,27)(H,23,24,26). The number of anilines is 3. The number of hydrogen-bond donors (Lipinski definition) is 3. The number of benzene rings is 2. The van der Waals surface area contributed by atoms with Crippen LogP contribution in [0.3, 0.4) is 0 Å². The molecular weight excluding hydrogens is 361 g/mol. The monoisotopic (exact) mass is 379 g/mol. The van der Waals surface area contributed by atoms with Crippen LogP contribution in [0.25, 0.3) is 0 Å². The quantitative estimate of drug-likeness (QED) is 0.611. The Kier molecular flexibility index (Phi) is 5.91. The molecule has 0 aliphatic carbocycles. The number of carbonyl (C=O) groups is 2. The summed E-state index contributed by atoms with van der Waals surface area (Å²) in [5.41, 5.74) is 2.43. The van der Waals surface area contributed by atoms with Gasteiger partial charge >= 0.3 is 0 Å². The minimum Gasteiger partial charge on any atom is -0.348 e. The minimum absolute atomic E-state index is 0.163. The van der Waals surface area contributed by atoms with Crippen molar-refractivity contribution in [1.29, 1.82) is 0 Å². The van der Waals surface area contributed by atoms with Gasteiger partial charge < -0.3 is 16.0 Å². The van der Waals surface area contributed by atoms with Crippen molar-refractivity contribution >= 4 is 29.1 Å². The van der Waals surface area contributed by atoms with E-state index in [2.05, 4.69) is 25.9 Å². The average molecular weight is 379 g/mol. The molecule has 0 atom stereocenters. The fraction of sp³-hybridized carbons (Fsp3) is 0.100. The van der Waals surface area contributed by atoms with Gasteiger partial charge in [-0.15, -0.1) is 0 Å². The van der Waals surface area contributed by atoms with Gasteiger partial charge in [0, 0.05) is 37.2 Å². The first-order valence-electron chi connectivity index (χ1n) is 8.49. The second-order valence-electron chi connectivity index (χ2n) is 5.99. The molecule has 7 nitrogen and oxygen atoms in total. The highest BCUT2D eigenvalue weighted by Crippen LogP contribution is 2.18. The van der Waals surface area contributed by atoms with Gasteiger partial charge in [0.15, 0.2) is 0 Å². The number of rotatable bonds is 6. The maximum atomic E-state index is 12.9. The molecule has 0 spiro atoms. The molecule has 28 heavy (non-hydrogen) atoms. The van der Waals surface area contributed by atoms with Crippen LogP contribution in [0.4, 0.5) is 21.7 Å². The highest BCUT2D eigenvalue weighted by Gasteiger charge is 2.08. The Morgan fingerprint density at radius 3 is 2.36 bits per heavy atom. The minimum atomic E-state index is -0.330. The lowest BCUT2D eigenvalue weighted by Crippen LogP contribution is -2.23. The van der Waals surface area contributed by atoms with Crippen molar-refractivity contribution in [3.05, 3.63) is 77.9 Å². The maximum Gasteiger partial charge on any atom is 0.254 e. The highest BCUT2D eigenvalue weighted by molar-refractivity contribution is 5.93. The first kappa shape index (κ1) is 19.0. The summed E-state index contributed by atoms with van der Waals surface area (Å²) in [6, 6.07) is 13.0. The molecule has 3 aromatic rings. The second-order valence-corrected chi connectivity index (χ2v) is 5.99. The molecule has 2 amide bonds. The van der Waals surface area contributed by atoms with Gasteiger partial charge in [0.05, 0.1) is 5.56 Å². The van der Waals surface area contributed by atoms with E-state index in [1.165, 1.54) is 31.5 Å². The molecule has 1 heterocycles. The number of carbonyl (C=O) groups excluding carboxylic acids is 2. The summed E-state index contributed by atoms with van der Waals surface area (Å²) < 4.78 is 12.9. The van der Waals surface area contributed by atoms with Gasteiger partial charge in [0.2, 0.25) is 11.9 Å². The molecule has 3 rings (SSSR count). The normalized spacial score (nSPS) is 10.2. The summed E-state index contributed by atoms with van der Waals surface area (Å²) in [5.74, 6) is -0.503. The van der Waals surface area contributed by atoms with E-state index in [1.54, 1.807) is 36.4 Å². The third-order valence-corrected chi connectivity index (χ3v) is 3.72. The third-order valence-electron chi connectivity index (χ3n) is 3.72. The van der Waals surface area contributed by atoms with E-state index in [0.717, 1.165) is 5.56 Å². The maximum absolute atomic E-state index is 12.9. The predicted molar refractivity (Wildman–Crippen MR) is 104 cm³/mol. The molecular formula is C20H18FN5O2. The van der Waals surface area contributed by atoms with Crippen molar-refractivity contribution in [2.45, 2.75) is 13.5 Å². The molecule has 2 aromatic carbocycles. The first-order chi connectivity index (χ1) is 13.5. The molecule has 0 saturated heterocycles. The number of nitrogens with zero attached hydrogens (tertiary/aromatic N) is 2. The van der Waals surface area contributed by atoms with E-state index in [-0.39, 0.29) is 24.2 Å².